The van der Waals surface area contributed by atoms with Crippen LogP contribution in [0.4, 0.5) is 13.2 Å². The van der Waals surface area contributed by atoms with Gasteiger partial charge in [-0.2, -0.15) is 0 Å². The average Bonchev–Trinajstić information content (AvgIpc) is 3.29. The van der Waals surface area contributed by atoms with E-state index in [1.807, 2.05) is 0 Å². The largest absolute Gasteiger partial charge is 0.508 e. The number of hydrogen-bond acceptors (Lipinski definition) is 6. The van der Waals surface area contributed by atoms with Crippen LogP contribution in [-0.4, -0.2) is 61.6 Å². The Morgan fingerprint density at radius 2 is 1.70 bits per heavy atom. The maximum absolute atomic E-state index is 14.2. The van der Waals surface area contributed by atoms with Crippen molar-refractivity contribution in [2.75, 3.05) is 5.88 Å². The number of halogens is 3. The molecule has 3 amide bonds. The minimum absolute atomic E-state index is 0.0399. The number of rotatable bonds is 9. The number of amides is 3. The minimum atomic E-state index is -1.77. The van der Waals surface area contributed by atoms with Gasteiger partial charge in [-0.15, -0.1) is 11.8 Å². The Morgan fingerprint density at radius 3 is 2.40 bits per heavy atom. The van der Waals surface area contributed by atoms with E-state index in [9.17, 15) is 37.8 Å². The molecule has 4 N–H and O–H groups in total. The van der Waals surface area contributed by atoms with Crippen LogP contribution >= 0.6 is 11.8 Å². The third-order valence-electron chi connectivity index (χ3n) is 7.42. The Bertz CT molecular complexity index is 1520. The first-order valence-corrected chi connectivity index (χ1v) is 14.5. The molecule has 0 saturated carbocycles. The highest BCUT2D eigenvalue weighted by molar-refractivity contribution is 8.00. The zero-order chi connectivity index (χ0) is 31.5. The molecule has 43 heavy (non-hydrogen) atoms. The summed E-state index contributed by atoms with van der Waals surface area (Å²) in [6.45, 7) is 4.57. The van der Waals surface area contributed by atoms with Crippen LogP contribution in [0.1, 0.15) is 40.9 Å². The van der Waals surface area contributed by atoms with Crippen molar-refractivity contribution < 1.29 is 37.8 Å². The summed E-state index contributed by atoms with van der Waals surface area (Å²) >= 11 is 1.28. The molecule has 1 aliphatic rings. The average molecular weight is 616 g/mol. The van der Waals surface area contributed by atoms with Crippen molar-refractivity contribution >= 4 is 29.5 Å². The highest BCUT2D eigenvalue weighted by atomic mass is 32.2. The number of carbonyl (C=O) groups excluding carboxylic acids is 3. The molecule has 4 rings (SSSR count). The van der Waals surface area contributed by atoms with Crippen LogP contribution in [0, 0.1) is 24.4 Å². The number of aliphatic hydroxyl groups is 1. The van der Waals surface area contributed by atoms with Gasteiger partial charge in [-0.05, 0) is 51.0 Å². The lowest BCUT2D eigenvalue weighted by Crippen LogP contribution is -2.58. The maximum atomic E-state index is 14.2. The number of phenolic OH excluding ortho intramolecular Hbond substituents is 1. The Balaban J connectivity index is 1.56. The first-order chi connectivity index (χ1) is 20.3. The second kappa shape index (κ2) is 13.1. The Labute approximate surface area is 251 Å². The van der Waals surface area contributed by atoms with Crippen molar-refractivity contribution in [1.82, 2.24) is 15.5 Å². The Kier molecular flexibility index (Phi) is 9.71. The molecule has 228 valence electrons. The summed E-state index contributed by atoms with van der Waals surface area (Å²) in [5, 5.41) is 26.6. The highest BCUT2D eigenvalue weighted by Gasteiger charge is 2.49. The molecule has 0 aliphatic carbocycles. The van der Waals surface area contributed by atoms with Crippen LogP contribution in [-0.2, 0) is 22.6 Å². The minimum Gasteiger partial charge on any atom is -0.508 e. The topological polar surface area (TPSA) is 119 Å². The van der Waals surface area contributed by atoms with Crippen molar-refractivity contribution in [3.05, 3.63) is 100 Å². The van der Waals surface area contributed by atoms with E-state index in [1.54, 1.807) is 51.1 Å². The molecular formula is C31H32F3N3O5S. The number of phenols is 1. The number of nitrogens with zero attached hydrogens (tertiary/aromatic N) is 1. The van der Waals surface area contributed by atoms with E-state index in [2.05, 4.69) is 10.6 Å². The monoisotopic (exact) mass is 615 g/mol. The van der Waals surface area contributed by atoms with Gasteiger partial charge in [-0.1, -0.05) is 36.4 Å². The van der Waals surface area contributed by atoms with Crippen LogP contribution in [0.2, 0.25) is 0 Å². The van der Waals surface area contributed by atoms with Crippen molar-refractivity contribution in [3.63, 3.8) is 0 Å². The fourth-order valence-electron chi connectivity index (χ4n) is 4.96. The smallest absolute Gasteiger partial charge is 0.254 e. The van der Waals surface area contributed by atoms with Crippen molar-refractivity contribution in [2.45, 2.75) is 56.7 Å². The van der Waals surface area contributed by atoms with Crippen molar-refractivity contribution in [2.24, 2.45) is 0 Å². The zero-order valence-electron chi connectivity index (χ0n) is 23.7. The second-order valence-corrected chi connectivity index (χ2v) is 12.4. The van der Waals surface area contributed by atoms with Crippen LogP contribution in [0.25, 0.3) is 0 Å². The fraction of sp³-hybridized carbons (Fsp3) is 0.323. The first kappa shape index (κ1) is 31.9. The molecule has 1 fully saturated rings. The molecule has 1 heterocycles. The molecule has 3 atom stereocenters. The number of thioether (sulfide) groups is 1. The summed E-state index contributed by atoms with van der Waals surface area (Å²) in [6, 6.07) is 12.2. The van der Waals surface area contributed by atoms with Crippen LogP contribution < -0.4 is 10.6 Å². The number of nitrogens with one attached hydrogen (secondary N) is 2. The van der Waals surface area contributed by atoms with E-state index < -0.39 is 64.7 Å². The Hall–Kier alpha value is -4.03. The lowest BCUT2D eigenvalue weighted by atomic mass is 9.96. The van der Waals surface area contributed by atoms with E-state index >= 15 is 0 Å². The number of aliphatic hydroxyl groups excluding tert-OH is 1. The molecule has 0 bridgehead atoms. The van der Waals surface area contributed by atoms with Gasteiger partial charge in [-0.3, -0.25) is 14.4 Å². The predicted molar refractivity (Wildman–Crippen MR) is 156 cm³/mol. The van der Waals surface area contributed by atoms with Gasteiger partial charge in [0.1, 0.15) is 17.6 Å². The molecule has 8 nitrogen and oxygen atoms in total. The number of benzene rings is 3. The molecule has 1 aliphatic heterocycles. The molecule has 0 unspecified atom stereocenters. The fourth-order valence-corrected chi connectivity index (χ4v) is 6.10. The van der Waals surface area contributed by atoms with Gasteiger partial charge in [-0.25, -0.2) is 13.2 Å². The second-order valence-electron chi connectivity index (χ2n) is 10.8. The zero-order valence-corrected chi connectivity index (χ0v) is 24.6. The summed E-state index contributed by atoms with van der Waals surface area (Å²) in [5.74, 6) is -5.82. The Morgan fingerprint density at radius 1 is 1.02 bits per heavy atom. The number of carbonyl (C=O) groups is 3. The SMILES string of the molecule is Cc1c(O)cccc1C(=O)N[C@@H](Cc1ccccc1)[C@H](O)C(=O)N1CSC(C)(C)[C@H]1C(=O)NCc1cc(F)c(F)cc1F. The molecule has 3 aromatic carbocycles. The lowest BCUT2D eigenvalue weighted by molar-refractivity contribution is -0.147. The van der Waals surface area contributed by atoms with Gasteiger partial charge >= 0.3 is 0 Å². The van der Waals surface area contributed by atoms with Gasteiger partial charge in [0, 0.05) is 34.0 Å². The third kappa shape index (κ3) is 7.14. The summed E-state index contributed by atoms with van der Waals surface area (Å²) in [4.78, 5) is 41.5. The molecule has 0 spiro atoms. The normalized spacial score (nSPS) is 17.3. The number of hydrogen-bond donors (Lipinski definition) is 4. The molecule has 3 aromatic rings. The van der Waals surface area contributed by atoms with Crippen LogP contribution in [0.15, 0.2) is 60.7 Å². The van der Waals surface area contributed by atoms with Crippen LogP contribution in [0.3, 0.4) is 0 Å². The summed E-state index contributed by atoms with van der Waals surface area (Å²) in [7, 11) is 0. The number of aromatic hydroxyl groups is 1. The van der Waals surface area contributed by atoms with Gasteiger partial charge in [0.25, 0.3) is 11.8 Å². The summed E-state index contributed by atoms with van der Waals surface area (Å²) in [6.07, 6.45) is -1.69. The van der Waals surface area contributed by atoms with Gasteiger partial charge in [0.05, 0.1) is 11.9 Å². The lowest BCUT2D eigenvalue weighted by Gasteiger charge is -2.33. The van der Waals surface area contributed by atoms with Crippen molar-refractivity contribution in [3.8, 4) is 5.75 Å². The standard InChI is InChI=1S/C31H32F3N3O5S/c1-17-20(10-7-11-25(17)38)28(40)36-24(12-18-8-5-4-6-9-18)26(39)30(42)37-16-43-31(2,3)27(37)29(41)35-15-19-13-22(33)23(34)14-21(19)32/h4-11,13-14,24,26-27,38-39H,12,15-16H2,1-3H3,(H,35,41)(H,36,40)/t24-,26-,27+/m0/s1. The van der Waals surface area contributed by atoms with Gasteiger partial charge in [0.15, 0.2) is 17.7 Å². The van der Waals surface area contributed by atoms with Gasteiger partial charge < -0.3 is 25.7 Å². The summed E-state index contributed by atoms with van der Waals surface area (Å²) in [5.41, 5.74) is 0.941. The molecule has 0 aromatic heterocycles. The van der Waals surface area contributed by atoms with E-state index in [1.165, 1.54) is 34.9 Å². The first-order valence-electron chi connectivity index (χ1n) is 13.5. The highest BCUT2D eigenvalue weighted by Crippen LogP contribution is 2.40. The third-order valence-corrected chi connectivity index (χ3v) is 8.79. The van der Waals surface area contributed by atoms with E-state index in [0.29, 0.717) is 17.7 Å². The molecule has 0 radical (unpaired) electrons. The summed E-state index contributed by atoms with van der Waals surface area (Å²) < 4.78 is 40.3. The predicted octanol–water partition coefficient (Wildman–Crippen LogP) is 3.82. The van der Waals surface area contributed by atoms with E-state index in [-0.39, 0.29) is 29.2 Å². The van der Waals surface area contributed by atoms with Crippen molar-refractivity contribution in [1.29, 1.82) is 0 Å². The molecule has 12 heteroatoms. The van der Waals surface area contributed by atoms with E-state index in [0.717, 1.165) is 5.56 Å². The molecular weight excluding hydrogens is 583 g/mol. The maximum Gasteiger partial charge on any atom is 0.254 e. The van der Waals surface area contributed by atoms with E-state index in [4.69, 9.17) is 0 Å². The quantitative estimate of drug-likeness (QED) is 0.272. The van der Waals surface area contributed by atoms with Gasteiger partial charge in [0.2, 0.25) is 5.91 Å². The molecule has 1 saturated heterocycles. The van der Waals surface area contributed by atoms with Crippen LogP contribution in [0.5, 0.6) is 5.75 Å².